The number of urea groups is 1. The Hall–Kier alpha value is -4.52. The molecule has 1 aromatic heterocycles. The highest BCUT2D eigenvalue weighted by atomic mass is 16.5. The smallest absolute Gasteiger partial charge is 0.326 e. The van der Waals surface area contributed by atoms with Gasteiger partial charge in [0.15, 0.2) is 0 Å². The largest absolute Gasteiger partial charge is 0.424 e. The van der Waals surface area contributed by atoms with Crippen molar-refractivity contribution in [2.24, 2.45) is 0 Å². The van der Waals surface area contributed by atoms with Crippen molar-refractivity contribution in [3.05, 3.63) is 103 Å². The van der Waals surface area contributed by atoms with E-state index in [9.17, 15) is 9.59 Å². The summed E-state index contributed by atoms with van der Waals surface area (Å²) in [6, 6.07) is 24.6. The topological polar surface area (TPSA) is 93.2 Å². The molecule has 0 radical (unpaired) electrons. The fraction of sp³-hybridized carbons (Fsp3) is 0. The molecule has 3 amide bonds. The first-order chi connectivity index (χ1) is 15.2. The molecule has 0 atom stereocenters. The standard InChI is InChI=1S/C24H18N4O3/c29-22(18-9-5-2-6-10-18)28-23(30)27-20-11-13-21(14-12-20)31-24-25-15-19(16-26-24)17-7-3-1-4-8-17/h1-16H,(H2,27,28,29,30). The molecule has 0 unspecified atom stereocenters. The molecule has 0 aliphatic heterocycles. The van der Waals surface area contributed by atoms with Crippen molar-refractivity contribution in [2.45, 2.75) is 0 Å². The number of ether oxygens (including phenoxy) is 1. The number of hydrogen-bond acceptors (Lipinski definition) is 5. The van der Waals surface area contributed by atoms with E-state index in [1.54, 1.807) is 67.0 Å². The Morgan fingerprint density at radius 1 is 0.710 bits per heavy atom. The number of carbonyl (C=O) groups excluding carboxylic acids is 2. The number of aromatic nitrogens is 2. The molecule has 31 heavy (non-hydrogen) atoms. The fourth-order valence-electron chi connectivity index (χ4n) is 2.79. The average Bonchev–Trinajstić information content (AvgIpc) is 2.82. The molecule has 152 valence electrons. The van der Waals surface area contributed by atoms with E-state index >= 15 is 0 Å². The van der Waals surface area contributed by atoms with E-state index in [4.69, 9.17) is 4.74 Å². The summed E-state index contributed by atoms with van der Waals surface area (Å²) >= 11 is 0. The minimum atomic E-state index is -0.623. The number of carbonyl (C=O) groups is 2. The fourth-order valence-corrected chi connectivity index (χ4v) is 2.79. The maximum atomic E-state index is 12.0. The van der Waals surface area contributed by atoms with Gasteiger partial charge >= 0.3 is 12.0 Å². The monoisotopic (exact) mass is 410 g/mol. The van der Waals surface area contributed by atoms with Gasteiger partial charge in [-0.2, -0.15) is 0 Å². The number of anilines is 1. The second-order valence-electron chi connectivity index (χ2n) is 6.52. The van der Waals surface area contributed by atoms with Crippen molar-refractivity contribution in [3.63, 3.8) is 0 Å². The molecule has 0 aliphatic carbocycles. The number of rotatable bonds is 5. The van der Waals surface area contributed by atoms with Crippen molar-refractivity contribution >= 4 is 17.6 Å². The Labute approximate surface area is 178 Å². The molecular weight excluding hydrogens is 392 g/mol. The van der Waals surface area contributed by atoms with Crippen molar-refractivity contribution < 1.29 is 14.3 Å². The van der Waals surface area contributed by atoms with Crippen LogP contribution in [0.4, 0.5) is 10.5 Å². The predicted octanol–water partition coefficient (Wildman–Crippen LogP) is 4.90. The van der Waals surface area contributed by atoms with Gasteiger partial charge in [0, 0.05) is 29.2 Å². The molecule has 7 nitrogen and oxygen atoms in total. The van der Waals surface area contributed by atoms with Crippen LogP contribution in [0.15, 0.2) is 97.3 Å². The first kappa shape index (κ1) is 19.8. The van der Waals surface area contributed by atoms with Crippen LogP contribution in [0.3, 0.4) is 0 Å². The zero-order chi connectivity index (χ0) is 21.5. The molecular formula is C24H18N4O3. The highest BCUT2D eigenvalue weighted by molar-refractivity contribution is 6.07. The van der Waals surface area contributed by atoms with Gasteiger partial charge in [-0.1, -0.05) is 48.5 Å². The first-order valence-electron chi connectivity index (χ1n) is 9.50. The quantitative estimate of drug-likeness (QED) is 0.488. The van der Waals surface area contributed by atoms with Crippen LogP contribution in [0.2, 0.25) is 0 Å². The Morgan fingerprint density at radius 3 is 1.97 bits per heavy atom. The maximum absolute atomic E-state index is 12.0. The Morgan fingerprint density at radius 2 is 1.32 bits per heavy atom. The normalized spacial score (nSPS) is 10.2. The minimum absolute atomic E-state index is 0.214. The van der Waals surface area contributed by atoms with E-state index in [-0.39, 0.29) is 6.01 Å². The zero-order valence-electron chi connectivity index (χ0n) is 16.4. The molecule has 2 N–H and O–H groups in total. The molecule has 0 spiro atoms. The summed E-state index contributed by atoms with van der Waals surface area (Å²) < 4.78 is 5.65. The zero-order valence-corrected chi connectivity index (χ0v) is 16.4. The number of amides is 3. The van der Waals surface area contributed by atoms with Crippen LogP contribution in [0.5, 0.6) is 11.8 Å². The molecule has 4 aromatic rings. The maximum Gasteiger partial charge on any atom is 0.326 e. The van der Waals surface area contributed by atoms with Crippen molar-refractivity contribution in [3.8, 4) is 22.9 Å². The Kier molecular flexibility index (Phi) is 5.95. The third-order valence-corrected chi connectivity index (χ3v) is 4.32. The average molecular weight is 410 g/mol. The highest BCUT2D eigenvalue weighted by Crippen LogP contribution is 2.22. The van der Waals surface area contributed by atoms with E-state index < -0.39 is 11.9 Å². The summed E-state index contributed by atoms with van der Waals surface area (Å²) in [6.07, 6.45) is 3.39. The van der Waals surface area contributed by atoms with E-state index in [1.165, 1.54) is 0 Å². The molecule has 0 saturated carbocycles. The summed E-state index contributed by atoms with van der Waals surface area (Å²) in [4.78, 5) is 32.5. The lowest BCUT2D eigenvalue weighted by atomic mass is 10.1. The van der Waals surface area contributed by atoms with E-state index in [2.05, 4.69) is 20.6 Å². The van der Waals surface area contributed by atoms with Gasteiger partial charge in [-0.15, -0.1) is 0 Å². The van der Waals surface area contributed by atoms with Gasteiger partial charge in [0.25, 0.3) is 5.91 Å². The summed E-state index contributed by atoms with van der Waals surface area (Å²) in [5.74, 6) is 0.0351. The van der Waals surface area contributed by atoms with Crippen LogP contribution in [0.1, 0.15) is 10.4 Å². The number of benzene rings is 3. The van der Waals surface area contributed by atoms with Gasteiger partial charge in [-0.25, -0.2) is 14.8 Å². The third-order valence-electron chi connectivity index (χ3n) is 4.32. The van der Waals surface area contributed by atoms with Gasteiger partial charge in [0.05, 0.1) is 0 Å². The van der Waals surface area contributed by atoms with Gasteiger partial charge in [0.1, 0.15) is 5.75 Å². The second-order valence-corrected chi connectivity index (χ2v) is 6.52. The van der Waals surface area contributed by atoms with E-state index in [0.29, 0.717) is 17.0 Å². The van der Waals surface area contributed by atoms with Crippen molar-refractivity contribution in [1.29, 1.82) is 0 Å². The van der Waals surface area contributed by atoms with Crippen LogP contribution >= 0.6 is 0 Å². The van der Waals surface area contributed by atoms with E-state index in [0.717, 1.165) is 11.1 Å². The first-order valence-corrected chi connectivity index (χ1v) is 9.50. The molecule has 3 aromatic carbocycles. The van der Waals surface area contributed by atoms with Gasteiger partial charge in [-0.05, 0) is 42.0 Å². The molecule has 7 heteroatoms. The molecule has 0 fully saturated rings. The summed E-state index contributed by atoms with van der Waals surface area (Å²) in [5.41, 5.74) is 2.82. The van der Waals surface area contributed by atoms with Crippen LogP contribution in [-0.4, -0.2) is 21.9 Å². The Balaban J connectivity index is 1.33. The summed E-state index contributed by atoms with van der Waals surface area (Å²) in [5, 5.41) is 4.88. The van der Waals surface area contributed by atoms with Gasteiger partial charge < -0.3 is 10.1 Å². The molecule has 0 saturated heterocycles. The molecule has 1 heterocycles. The summed E-state index contributed by atoms with van der Waals surface area (Å²) in [7, 11) is 0. The van der Waals surface area contributed by atoms with Crippen molar-refractivity contribution in [1.82, 2.24) is 15.3 Å². The van der Waals surface area contributed by atoms with Crippen LogP contribution in [0, 0.1) is 0 Å². The van der Waals surface area contributed by atoms with Crippen LogP contribution in [-0.2, 0) is 0 Å². The number of hydrogen-bond donors (Lipinski definition) is 2. The van der Waals surface area contributed by atoms with Gasteiger partial charge in [0.2, 0.25) is 0 Å². The number of nitrogens with zero attached hydrogens (tertiary/aromatic N) is 2. The van der Waals surface area contributed by atoms with E-state index in [1.807, 2.05) is 30.3 Å². The van der Waals surface area contributed by atoms with Crippen LogP contribution < -0.4 is 15.4 Å². The number of imide groups is 1. The predicted molar refractivity (Wildman–Crippen MR) is 117 cm³/mol. The lowest BCUT2D eigenvalue weighted by Gasteiger charge is -2.08. The lowest BCUT2D eigenvalue weighted by Crippen LogP contribution is -2.34. The number of nitrogens with one attached hydrogen (secondary N) is 2. The lowest BCUT2D eigenvalue weighted by molar-refractivity contribution is 0.0967. The van der Waals surface area contributed by atoms with Crippen molar-refractivity contribution in [2.75, 3.05) is 5.32 Å². The minimum Gasteiger partial charge on any atom is -0.424 e. The SMILES string of the molecule is O=C(NC(=O)c1ccccc1)Nc1ccc(Oc2ncc(-c3ccccc3)cn2)cc1. The second kappa shape index (κ2) is 9.32. The van der Waals surface area contributed by atoms with Gasteiger partial charge in [-0.3, -0.25) is 10.1 Å². The Bertz CT molecular complexity index is 1160. The third kappa shape index (κ3) is 5.30. The molecule has 4 rings (SSSR count). The van der Waals surface area contributed by atoms with Crippen LogP contribution in [0.25, 0.3) is 11.1 Å². The molecule has 0 aliphatic rings. The molecule has 0 bridgehead atoms. The summed E-state index contributed by atoms with van der Waals surface area (Å²) in [6.45, 7) is 0. The highest BCUT2D eigenvalue weighted by Gasteiger charge is 2.10.